The Bertz CT molecular complexity index is 460. The van der Waals surface area contributed by atoms with Gasteiger partial charge in [-0.2, -0.15) is 5.10 Å². The maximum atomic E-state index is 11.8. The quantitative estimate of drug-likeness (QED) is 0.813. The first-order valence-electron chi connectivity index (χ1n) is 7.03. The summed E-state index contributed by atoms with van der Waals surface area (Å²) in [6.07, 6.45) is 2.23. The van der Waals surface area contributed by atoms with Gasteiger partial charge in [-0.3, -0.25) is 9.48 Å². The number of nitrogens with one attached hydrogen (secondary N) is 2. The summed E-state index contributed by atoms with van der Waals surface area (Å²) in [6, 6.07) is 0.854. The summed E-state index contributed by atoms with van der Waals surface area (Å²) < 4.78 is 1.81. The van der Waals surface area contributed by atoms with Gasteiger partial charge < -0.3 is 10.6 Å². The molecule has 0 aliphatic heterocycles. The van der Waals surface area contributed by atoms with Gasteiger partial charge >= 0.3 is 0 Å². The van der Waals surface area contributed by atoms with Crippen molar-refractivity contribution in [1.82, 2.24) is 20.4 Å². The van der Waals surface area contributed by atoms with Crippen LogP contribution in [0.4, 0.5) is 0 Å². The minimum absolute atomic E-state index is 0.0662. The lowest BCUT2D eigenvalue weighted by Gasteiger charge is -2.09. The van der Waals surface area contributed by atoms with Crippen LogP contribution < -0.4 is 10.6 Å². The molecule has 0 spiro atoms. The molecule has 5 nitrogen and oxygen atoms in total. The molecule has 1 amide bonds. The van der Waals surface area contributed by atoms with E-state index in [9.17, 15) is 4.79 Å². The van der Waals surface area contributed by atoms with Gasteiger partial charge in [0, 0.05) is 29.9 Å². The van der Waals surface area contributed by atoms with Crippen molar-refractivity contribution in [3.8, 4) is 0 Å². The van der Waals surface area contributed by atoms with Crippen LogP contribution in [-0.2, 0) is 17.9 Å². The van der Waals surface area contributed by atoms with Gasteiger partial charge in [0.1, 0.15) is 6.54 Å². The summed E-state index contributed by atoms with van der Waals surface area (Å²) in [5.41, 5.74) is 3.29. The normalized spacial score (nSPS) is 15.0. The predicted molar refractivity (Wildman–Crippen MR) is 74.8 cm³/mol. The van der Waals surface area contributed by atoms with Gasteiger partial charge in [0.05, 0.1) is 5.69 Å². The van der Waals surface area contributed by atoms with Crippen molar-refractivity contribution in [3.05, 3.63) is 17.0 Å². The topological polar surface area (TPSA) is 59.0 Å². The SMILES string of the molecule is Cc1nn(CC(=O)NC2CC2)c(C)c1CNC(C)C. The zero-order valence-corrected chi connectivity index (χ0v) is 12.3. The van der Waals surface area contributed by atoms with E-state index in [0.29, 0.717) is 18.6 Å². The average Bonchev–Trinajstić information content (AvgIpc) is 3.06. The minimum Gasteiger partial charge on any atom is -0.352 e. The first-order chi connectivity index (χ1) is 8.97. The van der Waals surface area contributed by atoms with Gasteiger partial charge in [-0.1, -0.05) is 13.8 Å². The van der Waals surface area contributed by atoms with Crippen molar-refractivity contribution in [2.24, 2.45) is 0 Å². The molecule has 1 aromatic rings. The van der Waals surface area contributed by atoms with Crippen LogP contribution in [0.2, 0.25) is 0 Å². The van der Waals surface area contributed by atoms with Gasteiger partial charge in [-0.25, -0.2) is 0 Å². The van der Waals surface area contributed by atoms with Crippen LogP contribution >= 0.6 is 0 Å². The summed E-state index contributed by atoms with van der Waals surface area (Å²) in [7, 11) is 0. The number of amides is 1. The third-order valence-corrected chi connectivity index (χ3v) is 3.45. The zero-order valence-electron chi connectivity index (χ0n) is 12.3. The lowest BCUT2D eigenvalue weighted by Crippen LogP contribution is -2.30. The molecule has 2 N–H and O–H groups in total. The average molecular weight is 264 g/mol. The fraction of sp³-hybridized carbons (Fsp3) is 0.714. The van der Waals surface area contributed by atoms with Crippen LogP contribution in [0.15, 0.2) is 0 Å². The smallest absolute Gasteiger partial charge is 0.241 e. The van der Waals surface area contributed by atoms with Crippen molar-refractivity contribution in [2.75, 3.05) is 0 Å². The van der Waals surface area contributed by atoms with Gasteiger partial charge in [0.25, 0.3) is 0 Å². The molecule has 1 saturated carbocycles. The molecule has 2 rings (SSSR count). The van der Waals surface area contributed by atoms with E-state index in [1.807, 2.05) is 18.5 Å². The maximum Gasteiger partial charge on any atom is 0.241 e. The molecule has 1 fully saturated rings. The maximum absolute atomic E-state index is 11.8. The van der Waals surface area contributed by atoms with Gasteiger partial charge in [0.2, 0.25) is 5.91 Å². The van der Waals surface area contributed by atoms with Crippen molar-refractivity contribution < 1.29 is 4.79 Å². The fourth-order valence-corrected chi connectivity index (χ4v) is 2.09. The largest absolute Gasteiger partial charge is 0.352 e. The molecular formula is C14H24N4O. The predicted octanol–water partition coefficient (Wildman–Crippen LogP) is 1.28. The van der Waals surface area contributed by atoms with E-state index >= 15 is 0 Å². The Kier molecular flexibility index (Phi) is 4.24. The lowest BCUT2D eigenvalue weighted by molar-refractivity contribution is -0.122. The molecule has 19 heavy (non-hydrogen) atoms. The minimum atomic E-state index is 0.0662. The van der Waals surface area contributed by atoms with Crippen LogP contribution in [0.3, 0.4) is 0 Å². The molecule has 0 aromatic carbocycles. The van der Waals surface area contributed by atoms with Crippen LogP contribution in [-0.4, -0.2) is 27.8 Å². The van der Waals surface area contributed by atoms with Crippen molar-refractivity contribution in [2.45, 2.75) is 65.7 Å². The van der Waals surface area contributed by atoms with Gasteiger partial charge in [0.15, 0.2) is 0 Å². The summed E-state index contributed by atoms with van der Waals surface area (Å²) >= 11 is 0. The molecular weight excluding hydrogens is 240 g/mol. The van der Waals surface area contributed by atoms with Crippen molar-refractivity contribution >= 4 is 5.91 Å². The summed E-state index contributed by atoms with van der Waals surface area (Å²) in [5, 5.41) is 10.9. The summed E-state index contributed by atoms with van der Waals surface area (Å²) in [5.74, 6) is 0.0662. The zero-order chi connectivity index (χ0) is 14.0. The number of carbonyl (C=O) groups is 1. The van der Waals surface area contributed by atoms with Gasteiger partial charge in [-0.05, 0) is 26.7 Å². The van der Waals surface area contributed by atoms with E-state index in [0.717, 1.165) is 30.8 Å². The Morgan fingerprint density at radius 2 is 2.11 bits per heavy atom. The van der Waals surface area contributed by atoms with Crippen molar-refractivity contribution in [1.29, 1.82) is 0 Å². The Morgan fingerprint density at radius 1 is 1.42 bits per heavy atom. The molecule has 5 heteroatoms. The monoisotopic (exact) mass is 264 g/mol. The second-order valence-corrected chi connectivity index (χ2v) is 5.68. The molecule has 1 aliphatic carbocycles. The Morgan fingerprint density at radius 3 is 2.68 bits per heavy atom. The van der Waals surface area contributed by atoms with Gasteiger partial charge in [-0.15, -0.1) is 0 Å². The Balaban J connectivity index is 2.00. The highest BCUT2D eigenvalue weighted by Crippen LogP contribution is 2.19. The second-order valence-electron chi connectivity index (χ2n) is 5.68. The molecule has 0 atom stereocenters. The highest BCUT2D eigenvalue weighted by atomic mass is 16.2. The van der Waals surface area contributed by atoms with E-state index in [4.69, 9.17) is 0 Å². The number of rotatable bonds is 6. The summed E-state index contributed by atoms with van der Waals surface area (Å²) in [6.45, 7) is 9.40. The second kappa shape index (κ2) is 5.74. The number of aromatic nitrogens is 2. The molecule has 0 radical (unpaired) electrons. The summed E-state index contributed by atoms with van der Waals surface area (Å²) in [4.78, 5) is 11.8. The molecule has 106 valence electrons. The van der Waals surface area contributed by atoms with E-state index in [1.165, 1.54) is 5.56 Å². The highest BCUT2D eigenvalue weighted by Gasteiger charge is 2.23. The number of hydrogen-bond donors (Lipinski definition) is 2. The third-order valence-electron chi connectivity index (χ3n) is 3.45. The molecule has 1 heterocycles. The van der Waals surface area contributed by atoms with Crippen LogP contribution in [0.5, 0.6) is 0 Å². The molecule has 0 unspecified atom stereocenters. The van der Waals surface area contributed by atoms with E-state index in [1.54, 1.807) is 0 Å². The first kappa shape index (κ1) is 14.1. The number of nitrogens with zero attached hydrogens (tertiary/aromatic N) is 2. The van der Waals surface area contributed by atoms with E-state index < -0.39 is 0 Å². The fourth-order valence-electron chi connectivity index (χ4n) is 2.09. The first-order valence-corrected chi connectivity index (χ1v) is 7.03. The molecule has 0 saturated heterocycles. The van der Waals surface area contributed by atoms with Crippen molar-refractivity contribution in [3.63, 3.8) is 0 Å². The molecule has 1 aliphatic rings. The molecule has 0 bridgehead atoms. The Hall–Kier alpha value is -1.36. The third kappa shape index (κ3) is 3.80. The Labute approximate surface area is 114 Å². The van der Waals surface area contributed by atoms with E-state index in [2.05, 4.69) is 29.6 Å². The standard InChI is InChI=1S/C14H24N4O/c1-9(2)15-7-13-10(3)17-18(11(13)4)8-14(19)16-12-5-6-12/h9,12,15H,5-8H2,1-4H3,(H,16,19). The van der Waals surface area contributed by atoms with Crippen LogP contribution in [0.1, 0.15) is 43.6 Å². The van der Waals surface area contributed by atoms with Crippen LogP contribution in [0.25, 0.3) is 0 Å². The number of carbonyl (C=O) groups excluding carboxylic acids is 1. The number of aryl methyl sites for hydroxylation is 1. The highest BCUT2D eigenvalue weighted by molar-refractivity contribution is 5.76. The lowest BCUT2D eigenvalue weighted by atomic mass is 10.2. The van der Waals surface area contributed by atoms with Crippen LogP contribution in [0, 0.1) is 13.8 Å². The van der Waals surface area contributed by atoms with E-state index in [-0.39, 0.29) is 5.91 Å². The number of hydrogen-bond acceptors (Lipinski definition) is 3. The molecule has 1 aromatic heterocycles.